The Balaban J connectivity index is 1.81. The first-order valence-corrected chi connectivity index (χ1v) is 10.4. The molecule has 1 fully saturated rings. The number of benzene rings is 2. The van der Waals surface area contributed by atoms with E-state index in [1.807, 2.05) is 29.2 Å². The second-order valence-corrected chi connectivity index (χ2v) is 7.89. The molecule has 0 aliphatic carbocycles. The smallest absolute Gasteiger partial charge is 0.219 e. The largest absolute Gasteiger partial charge is 0.497 e. The molecule has 0 aromatic heterocycles. The van der Waals surface area contributed by atoms with E-state index in [1.54, 1.807) is 27.2 Å². The van der Waals surface area contributed by atoms with Gasteiger partial charge in [-0.25, -0.2) is 4.39 Å². The molecular weight excluding hydrogens is 383 g/mol. The molecule has 3 rings (SSSR count). The Morgan fingerprint density at radius 1 is 1.17 bits per heavy atom. The molecule has 5 nitrogen and oxygen atoms in total. The Kier molecular flexibility index (Phi) is 7.82. The number of methoxy groups -OCH3 is 2. The van der Waals surface area contributed by atoms with Crippen molar-refractivity contribution in [3.63, 3.8) is 0 Å². The fraction of sp³-hybridized carbons (Fsp3) is 0.458. The highest BCUT2D eigenvalue weighted by Crippen LogP contribution is 2.35. The van der Waals surface area contributed by atoms with Gasteiger partial charge in [0.05, 0.1) is 13.7 Å². The van der Waals surface area contributed by atoms with Crippen molar-refractivity contribution < 1.29 is 18.7 Å². The van der Waals surface area contributed by atoms with E-state index in [2.05, 4.69) is 17.0 Å². The third-order valence-electron chi connectivity index (χ3n) is 5.86. The lowest BCUT2D eigenvalue weighted by Crippen LogP contribution is -2.38. The van der Waals surface area contributed by atoms with Gasteiger partial charge in [0.25, 0.3) is 0 Å². The first-order valence-electron chi connectivity index (χ1n) is 10.4. The van der Waals surface area contributed by atoms with E-state index in [-0.39, 0.29) is 23.6 Å². The van der Waals surface area contributed by atoms with Crippen LogP contribution in [-0.2, 0) is 16.1 Å². The molecule has 1 heterocycles. The minimum Gasteiger partial charge on any atom is -0.497 e. The average molecular weight is 415 g/mol. The minimum absolute atomic E-state index is 0.0454. The summed E-state index contributed by atoms with van der Waals surface area (Å²) in [7, 11) is 3.31. The maximum atomic E-state index is 14.2. The van der Waals surface area contributed by atoms with E-state index in [4.69, 9.17) is 9.47 Å². The Morgan fingerprint density at radius 3 is 2.67 bits per heavy atom. The predicted octanol–water partition coefficient (Wildman–Crippen LogP) is 3.54. The summed E-state index contributed by atoms with van der Waals surface area (Å²) in [5.41, 5.74) is 1.89. The maximum absolute atomic E-state index is 14.2. The van der Waals surface area contributed by atoms with Crippen LogP contribution in [0.15, 0.2) is 48.5 Å². The molecule has 0 radical (unpaired) electrons. The van der Waals surface area contributed by atoms with E-state index >= 15 is 0 Å². The Bertz CT molecular complexity index is 845. The molecule has 0 N–H and O–H groups in total. The third-order valence-corrected chi connectivity index (χ3v) is 5.86. The van der Waals surface area contributed by atoms with Gasteiger partial charge >= 0.3 is 0 Å². The number of hydrogen-bond donors (Lipinski definition) is 0. The number of carbonyl (C=O) groups is 1. The van der Waals surface area contributed by atoms with Crippen molar-refractivity contribution in [2.45, 2.75) is 19.4 Å². The normalized spacial score (nSPS) is 19.1. The highest BCUT2D eigenvalue weighted by atomic mass is 19.1. The van der Waals surface area contributed by atoms with Gasteiger partial charge in [-0.3, -0.25) is 9.69 Å². The number of halogens is 1. The lowest BCUT2D eigenvalue weighted by Gasteiger charge is -2.27. The second kappa shape index (κ2) is 10.5. The van der Waals surface area contributed by atoms with Crippen LogP contribution in [0.4, 0.5) is 4.39 Å². The van der Waals surface area contributed by atoms with Crippen LogP contribution < -0.4 is 4.74 Å². The molecular formula is C24H31FN2O3. The highest BCUT2D eigenvalue weighted by molar-refractivity contribution is 5.73. The molecule has 1 amide bonds. The monoisotopic (exact) mass is 414 g/mol. The zero-order valence-corrected chi connectivity index (χ0v) is 18.0. The summed E-state index contributed by atoms with van der Waals surface area (Å²) in [6, 6.07) is 15.0. The van der Waals surface area contributed by atoms with Crippen molar-refractivity contribution in [2.24, 2.45) is 5.92 Å². The van der Waals surface area contributed by atoms with Crippen LogP contribution in [0.1, 0.15) is 24.0 Å². The average Bonchev–Trinajstić information content (AvgIpc) is 3.15. The van der Waals surface area contributed by atoms with Gasteiger partial charge in [-0.15, -0.1) is 0 Å². The zero-order chi connectivity index (χ0) is 21.5. The summed E-state index contributed by atoms with van der Waals surface area (Å²) in [5, 5.41) is 0. The molecule has 2 unspecified atom stereocenters. The first kappa shape index (κ1) is 22.2. The number of hydrogen-bond acceptors (Lipinski definition) is 4. The molecule has 162 valence electrons. The summed E-state index contributed by atoms with van der Waals surface area (Å²) >= 11 is 0. The van der Waals surface area contributed by atoms with E-state index in [0.29, 0.717) is 31.8 Å². The fourth-order valence-corrected chi connectivity index (χ4v) is 4.25. The molecule has 2 aromatic carbocycles. The van der Waals surface area contributed by atoms with Crippen LogP contribution in [-0.4, -0.2) is 62.7 Å². The molecule has 2 aromatic rings. The van der Waals surface area contributed by atoms with E-state index in [9.17, 15) is 9.18 Å². The van der Waals surface area contributed by atoms with Crippen molar-refractivity contribution in [2.75, 3.05) is 47.0 Å². The summed E-state index contributed by atoms with van der Waals surface area (Å²) < 4.78 is 24.8. The van der Waals surface area contributed by atoms with E-state index in [0.717, 1.165) is 18.8 Å². The SMILES string of the molecule is COCCN(CC1CN(Cc2ccccc2F)CC1c1cccc(OC)c1)C(C)=O. The molecule has 0 saturated carbocycles. The Morgan fingerprint density at radius 2 is 1.97 bits per heavy atom. The summed E-state index contributed by atoms with van der Waals surface area (Å²) in [4.78, 5) is 16.3. The van der Waals surface area contributed by atoms with Gasteiger partial charge < -0.3 is 14.4 Å². The van der Waals surface area contributed by atoms with Crippen LogP contribution in [0.3, 0.4) is 0 Å². The molecule has 0 bridgehead atoms. The lowest BCUT2D eigenvalue weighted by atomic mass is 9.88. The van der Waals surface area contributed by atoms with Crippen LogP contribution in [0, 0.1) is 11.7 Å². The van der Waals surface area contributed by atoms with Crippen molar-refractivity contribution in [1.29, 1.82) is 0 Å². The first-order chi connectivity index (χ1) is 14.5. The maximum Gasteiger partial charge on any atom is 0.219 e. The number of amides is 1. The van der Waals surface area contributed by atoms with E-state index < -0.39 is 0 Å². The van der Waals surface area contributed by atoms with Crippen LogP contribution in [0.2, 0.25) is 0 Å². The molecule has 1 aliphatic heterocycles. The third kappa shape index (κ3) is 5.58. The quantitative estimate of drug-likeness (QED) is 0.629. The fourth-order valence-electron chi connectivity index (χ4n) is 4.25. The van der Waals surface area contributed by atoms with Crippen molar-refractivity contribution in [3.05, 3.63) is 65.5 Å². The molecule has 30 heavy (non-hydrogen) atoms. The van der Waals surface area contributed by atoms with Gasteiger partial charge in [0, 0.05) is 58.2 Å². The van der Waals surface area contributed by atoms with Gasteiger partial charge in [0.1, 0.15) is 11.6 Å². The van der Waals surface area contributed by atoms with Crippen LogP contribution >= 0.6 is 0 Å². The zero-order valence-electron chi connectivity index (χ0n) is 18.0. The predicted molar refractivity (Wildman–Crippen MR) is 115 cm³/mol. The molecule has 2 atom stereocenters. The number of carbonyl (C=O) groups excluding carboxylic acids is 1. The summed E-state index contributed by atoms with van der Waals surface area (Å²) in [6.45, 7) is 5.49. The van der Waals surface area contributed by atoms with Crippen LogP contribution in [0.5, 0.6) is 5.75 Å². The van der Waals surface area contributed by atoms with Crippen LogP contribution in [0.25, 0.3) is 0 Å². The van der Waals surface area contributed by atoms with Crippen molar-refractivity contribution in [1.82, 2.24) is 9.80 Å². The second-order valence-electron chi connectivity index (χ2n) is 7.89. The van der Waals surface area contributed by atoms with Gasteiger partial charge in [-0.05, 0) is 29.7 Å². The minimum atomic E-state index is -0.177. The molecule has 1 aliphatic rings. The van der Waals surface area contributed by atoms with E-state index in [1.165, 1.54) is 11.6 Å². The number of nitrogens with zero attached hydrogens (tertiary/aromatic N) is 2. The number of likely N-dealkylation sites (tertiary alicyclic amines) is 1. The Labute approximate surface area is 178 Å². The lowest BCUT2D eigenvalue weighted by molar-refractivity contribution is -0.130. The van der Waals surface area contributed by atoms with Gasteiger partial charge in [-0.2, -0.15) is 0 Å². The summed E-state index contributed by atoms with van der Waals surface area (Å²) in [5.74, 6) is 1.16. The molecule has 1 saturated heterocycles. The van der Waals surface area contributed by atoms with Gasteiger partial charge in [0.15, 0.2) is 0 Å². The number of rotatable bonds is 9. The number of ether oxygens (including phenoxy) is 2. The Hall–Kier alpha value is -2.44. The molecule has 0 spiro atoms. The standard InChI is InChI=1S/C24H31FN2O3/c1-18(28)27(11-12-29-2)16-21-15-26(14-20-7-4-5-10-24(20)25)17-23(21)19-8-6-9-22(13-19)30-3/h4-10,13,21,23H,11-12,14-17H2,1-3H3. The van der Waals surface area contributed by atoms with Gasteiger partial charge in [-0.1, -0.05) is 30.3 Å². The summed E-state index contributed by atoms with van der Waals surface area (Å²) in [6.07, 6.45) is 0. The van der Waals surface area contributed by atoms with Gasteiger partial charge in [0.2, 0.25) is 5.91 Å². The van der Waals surface area contributed by atoms with Crippen molar-refractivity contribution >= 4 is 5.91 Å². The van der Waals surface area contributed by atoms with Crippen molar-refractivity contribution in [3.8, 4) is 5.75 Å². The highest BCUT2D eigenvalue weighted by Gasteiger charge is 2.35. The molecule has 6 heteroatoms. The topological polar surface area (TPSA) is 42.0 Å².